The number of amides is 2. The minimum Gasteiger partial charge on any atom is -0.352 e. The van der Waals surface area contributed by atoms with Gasteiger partial charge in [-0.1, -0.05) is 79.2 Å². The summed E-state index contributed by atoms with van der Waals surface area (Å²) in [5.74, 6) is 0.333. The van der Waals surface area contributed by atoms with E-state index >= 15 is 0 Å². The van der Waals surface area contributed by atoms with Crippen molar-refractivity contribution in [1.29, 1.82) is 0 Å². The van der Waals surface area contributed by atoms with Crippen LogP contribution in [0.5, 0.6) is 0 Å². The van der Waals surface area contributed by atoms with Crippen LogP contribution in [0.2, 0.25) is 0 Å². The summed E-state index contributed by atoms with van der Waals surface area (Å²) < 4.78 is 13.5. The molecule has 3 aromatic rings. The van der Waals surface area contributed by atoms with Crippen LogP contribution < -0.4 is 5.32 Å². The van der Waals surface area contributed by atoms with Crippen LogP contribution in [0, 0.1) is 12.7 Å². The number of hydrogen-bond acceptors (Lipinski definition) is 3. The van der Waals surface area contributed by atoms with Gasteiger partial charge in [0.25, 0.3) is 0 Å². The van der Waals surface area contributed by atoms with Crippen LogP contribution in [-0.4, -0.2) is 34.6 Å². The molecule has 0 aliphatic carbocycles. The van der Waals surface area contributed by atoms with Gasteiger partial charge in [-0.15, -0.1) is 11.8 Å². The lowest BCUT2D eigenvalue weighted by molar-refractivity contribution is -0.139. The average molecular weight is 507 g/mol. The summed E-state index contributed by atoms with van der Waals surface area (Å²) in [6.45, 7) is 6.25. The third kappa shape index (κ3) is 8.52. The summed E-state index contributed by atoms with van der Waals surface area (Å²) in [4.78, 5) is 28.7. The number of carbonyl (C=O) groups is 2. The molecule has 3 rings (SSSR count). The number of hydrogen-bond donors (Lipinski definition) is 1. The van der Waals surface area contributed by atoms with Gasteiger partial charge in [-0.25, -0.2) is 4.39 Å². The highest BCUT2D eigenvalue weighted by molar-refractivity contribution is 7.99. The van der Waals surface area contributed by atoms with Gasteiger partial charge < -0.3 is 10.2 Å². The molecule has 0 bridgehead atoms. The maximum Gasteiger partial charge on any atom is 0.243 e. The van der Waals surface area contributed by atoms with Gasteiger partial charge in [0.1, 0.15) is 11.9 Å². The zero-order valence-electron chi connectivity index (χ0n) is 21.2. The Morgan fingerprint density at radius 1 is 0.917 bits per heavy atom. The summed E-state index contributed by atoms with van der Waals surface area (Å²) in [5.41, 5.74) is 4.11. The molecule has 0 saturated carbocycles. The van der Waals surface area contributed by atoms with Gasteiger partial charge in [-0.3, -0.25) is 9.59 Å². The maximum atomic E-state index is 13.6. The summed E-state index contributed by atoms with van der Waals surface area (Å²) >= 11 is 1.53. The van der Waals surface area contributed by atoms with Gasteiger partial charge >= 0.3 is 0 Å². The summed E-state index contributed by atoms with van der Waals surface area (Å²) in [7, 11) is 0. The van der Waals surface area contributed by atoms with E-state index in [0.29, 0.717) is 12.2 Å². The van der Waals surface area contributed by atoms with Crippen molar-refractivity contribution < 1.29 is 14.0 Å². The monoisotopic (exact) mass is 506 g/mol. The molecule has 36 heavy (non-hydrogen) atoms. The van der Waals surface area contributed by atoms with Crippen LogP contribution in [-0.2, 0) is 28.3 Å². The lowest BCUT2D eigenvalue weighted by Gasteiger charge is -2.32. The summed E-state index contributed by atoms with van der Waals surface area (Å²) in [5, 5.41) is 3.07. The lowest BCUT2D eigenvalue weighted by Crippen LogP contribution is -2.52. The van der Waals surface area contributed by atoms with E-state index in [1.54, 1.807) is 17.0 Å². The first kappa shape index (κ1) is 27.5. The van der Waals surface area contributed by atoms with E-state index in [-0.39, 0.29) is 36.0 Å². The van der Waals surface area contributed by atoms with Crippen molar-refractivity contribution in [2.75, 3.05) is 5.75 Å². The highest BCUT2D eigenvalue weighted by Gasteiger charge is 2.30. The molecule has 0 radical (unpaired) electrons. The summed E-state index contributed by atoms with van der Waals surface area (Å²) in [6, 6.07) is 23.4. The van der Waals surface area contributed by atoms with Gasteiger partial charge in [0.15, 0.2) is 0 Å². The molecule has 0 aliphatic heterocycles. The Hall–Kier alpha value is -3.12. The highest BCUT2D eigenvalue weighted by Crippen LogP contribution is 2.19. The molecule has 3 aromatic carbocycles. The van der Waals surface area contributed by atoms with E-state index in [4.69, 9.17) is 0 Å². The predicted molar refractivity (Wildman–Crippen MR) is 146 cm³/mol. The largest absolute Gasteiger partial charge is 0.352 e. The molecule has 190 valence electrons. The number of halogens is 1. The van der Waals surface area contributed by atoms with Crippen LogP contribution in [0.15, 0.2) is 78.9 Å². The third-order valence-corrected chi connectivity index (χ3v) is 7.14. The van der Waals surface area contributed by atoms with E-state index in [0.717, 1.165) is 23.1 Å². The van der Waals surface area contributed by atoms with Gasteiger partial charge in [-0.05, 0) is 49.1 Å². The van der Waals surface area contributed by atoms with Gasteiger partial charge in [-0.2, -0.15) is 0 Å². The Labute approximate surface area is 218 Å². The van der Waals surface area contributed by atoms with E-state index in [9.17, 15) is 14.0 Å². The molecule has 2 atom stereocenters. The van der Waals surface area contributed by atoms with Crippen LogP contribution in [0.1, 0.15) is 42.5 Å². The Kier molecular flexibility index (Phi) is 10.6. The predicted octanol–water partition coefficient (Wildman–Crippen LogP) is 5.92. The van der Waals surface area contributed by atoms with Crippen molar-refractivity contribution in [3.05, 3.63) is 107 Å². The fraction of sp³-hybridized carbons (Fsp3) is 0.333. The topological polar surface area (TPSA) is 49.4 Å². The minimum absolute atomic E-state index is 0.00513. The molecule has 4 nitrogen and oxygen atoms in total. The number of carbonyl (C=O) groups excluding carboxylic acids is 2. The van der Waals surface area contributed by atoms with E-state index in [2.05, 4.69) is 29.6 Å². The van der Waals surface area contributed by atoms with Crippen molar-refractivity contribution in [3.63, 3.8) is 0 Å². The lowest BCUT2D eigenvalue weighted by atomic mass is 10.0. The molecule has 0 saturated heterocycles. The van der Waals surface area contributed by atoms with E-state index in [1.807, 2.05) is 51.1 Å². The average Bonchev–Trinajstić information content (AvgIpc) is 2.88. The maximum absolute atomic E-state index is 13.6. The second kappa shape index (κ2) is 13.8. The highest BCUT2D eigenvalue weighted by atomic mass is 32.2. The normalized spacial score (nSPS) is 12.6. The number of rotatable bonds is 12. The number of nitrogens with zero attached hydrogens (tertiary/aromatic N) is 1. The molecule has 1 N–H and O–H groups in total. The van der Waals surface area contributed by atoms with E-state index < -0.39 is 6.04 Å². The van der Waals surface area contributed by atoms with Gasteiger partial charge in [0.2, 0.25) is 11.8 Å². The van der Waals surface area contributed by atoms with E-state index in [1.165, 1.54) is 29.5 Å². The first-order valence-electron chi connectivity index (χ1n) is 12.4. The zero-order valence-corrected chi connectivity index (χ0v) is 22.1. The molecule has 0 aromatic heterocycles. The Morgan fingerprint density at radius 2 is 1.56 bits per heavy atom. The Balaban J connectivity index is 1.84. The SMILES string of the molecule is CC[C@H](C)NC(=O)[C@H](Cc1ccccc1)N(Cc1ccc(F)cc1)C(=O)CSCc1ccc(C)cc1. The Bertz CT molecular complexity index is 1100. The van der Waals surface area contributed by atoms with Crippen molar-refractivity contribution in [1.82, 2.24) is 10.2 Å². The van der Waals surface area contributed by atoms with Gasteiger partial charge in [0, 0.05) is 24.8 Å². The van der Waals surface area contributed by atoms with Crippen LogP contribution in [0.4, 0.5) is 4.39 Å². The quantitative estimate of drug-likeness (QED) is 0.332. The molecule has 0 fully saturated rings. The molecule has 0 spiro atoms. The van der Waals surface area contributed by atoms with Crippen LogP contribution in [0.25, 0.3) is 0 Å². The van der Waals surface area contributed by atoms with Gasteiger partial charge in [0.05, 0.1) is 5.75 Å². The molecule has 0 aliphatic rings. The molecular formula is C30H35FN2O2S. The van der Waals surface area contributed by atoms with Crippen molar-refractivity contribution >= 4 is 23.6 Å². The zero-order chi connectivity index (χ0) is 25.9. The van der Waals surface area contributed by atoms with Crippen LogP contribution in [0.3, 0.4) is 0 Å². The van der Waals surface area contributed by atoms with Crippen molar-refractivity contribution in [2.24, 2.45) is 0 Å². The molecule has 0 heterocycles. The standard InChI is InChI=1S/C30H35FN2O2S/c1-4-23(3)32-30(35)28(18-24-8-6-5-7-9-24)33(19-25-14-16-27(31)17-15-25)29(34)21-36-20-26-12-10-22(2)11-13-26/h5-17,23,28H,4,18-21H2,1-3H3,(H,32,35)/t23-,28-/m0/s1. The number of thioether (sulfide) groups is 1. The fourth-order valence-electron chi connectivity index (χ4n) is 3.80. The molecule has 2 amide bonds. The second-order valence-corrected chi connectivity index (χ2v) is 10.1. The number of aryl methyl sites for hydroxylation is 1. The smallest absolute Gasteiger partial charge is 0.243 e. The molecule has 0 unspecified atom stereocenters. The third-order valence-electron chi connectivity index (χ3n) is 6.15. The van der Waals surface area contributed by atoms with Crippen molar-refractivity contribution in [2.45, 2.75) is 58.0 Å². The second-order valence-electron chi connectivity index (χ2n) is 9.15. The summed E-state index contributed by atoms with van der Waals surface area (Å²) in [6.07, 6.45) is 1.20. The van der Waals surface area contributed by atoms with Crippen LogP contribution >= 0.6 is 11.8 Å². The first-order valence-corrected chi connectivity index (χ1v) is 13.5. The first-order chi connectivity index (χ1) is 17.4. The number of benzene rings is 3. The molecule has 6 heteroatoms. The molecular weight excluding hydrogens is 471 g/mol. The Morgan fingerprint density at radius 3 is 2.19 bits per heavy atom. The fourth-order valence-corrected chi connectivity index (χ4v) is 4.68. The van der Waals surface area contributed by atoms with Crippen molar-refractivity contribution in [3.8, 4) is 0 Å². The minimum atomic E-state index is -0.682. The number of nitrogens with one attached hydrogen (secondary N) is 1.